The van der Waals surface area contributed by atoms with Crippen molar-refractivity contribution in [2.45, 2.75) is 6.92 Å². The first-order chi connectivity index (χ1) is 6.31. The van der Waals surface area contributed by atoms with Crippen LogP contribution in [0.3, 0.4) is 0 Å². The third kappa shape index (κ3) is 2.12. The molecule has 0 atom stereocenters. The van der Waals surface area contributed by atoms with Crippen molar-refractivity contribution in [2.75, 3.05) is 18.0 Å². The lowest BCUT2D eigenvalue weighted by molar-refractivity contribution is 0.110. The SMILES string of the molecule is C#CCN(CC)c1ccc(C=O)o1. The van der Waals surface area contributed by atoms with Crippen LogP contribution in [-0.4, -0.2) is 19.4 Å². The van der Waals surface area contributed by atoms with Crippen LogP contribution in [0.1, 0.15) is 17.5 Å². The molecular weight excluding hydrogens is 166 g/mol. The minimum absolute atomic E-state index is 0.325. The molecule has 3 heteroatoms. The zero-order valence-corrected chi connectivity index (χ0v) is 7.49. The standard InChI is InChI=1S/C10H11NO2/c1-3-7-11(4-2)10-6-5-9(8-12)13-10/h1,5-6,8H,4,7H2,2H3. The fourth-order valence-electron chi connectivity index (χ4n) is 1.03. The molecule has 0 aliphatic heterocycles. The van der Waals surface area contributed by atoms with Gasteiger partial charge in [0.1, 0.15) is 0 Å². The lowest BCUT2D eigenvalue weighted by atomic mass is 10.4. The Balaban J connectivity index is 2.79. The molecule has 0 aliphatic rings. The van der Waals surface area contributed by atoms with E-state index in [4.69, 9.17) is 10.8 Å². The van der Waals surface area contributed by atoms with E-state index >= 15 is 0 Å². The normalized spacial score (nSPS) is 9.23. The summed E-state index contributed by atoms with van der Waals surface area (Å²) in [6.07, 6.45) is 5.85. The van der Waals surface area contributed by atoms with E-state index in [2.05, 4.69) is 5.92 Å². The average molecular weight is 177 g/mol. The fourth-order valence-corrected chi connectivity index (χ4v) is 1.03. The summed E-state index contributed by atoms with van der Waals surface area (Å²) in [6, 6.07) is 3.37. The van der Waals surface area contributed by atoms with Crippen LogP contribution < -0.4 is 4.90 Å². The van der Waals surface area contributed by atoms with Crippen LogP contribution in [0.25, 0.3) is 0 Å². The molecule has 68 valence electrons. The van der Waals surface area contributed by atoms with Gasteiger partial charge in [-0.25, -0.2) is 0 Å². The number of furan rings is 1. The minimum atomic E-state index is 0.325. The second kappa shape index (κ2) is 4.36. The van der Waals surface area contributed by atoms with Gasteiger partial charge in [0, 0.05) is 12.6 Å². The zero-order valence-electron chi connectivity index (χ0n) is 7.49. The predicted molar refractivity (Wildman–Crippen MR) is 50.8 cm³/mol. The van der Waals surface area contributed by atoms with Crippen LogP contribution in [0, 0.1) is 12.3 Å². The van der Waals surface area contributed by atoms with Crippen molar-refractivity contribution in [1.82, 2.24) is 0 Å². The highest BCUT2D eigenvalue weighted by molar-refractivity contribution is 5.71. The van der Waals surface area contributed by atoms with Gasteiger partial charge in [-0.2, -0.15) is 0 Å². The van der Waals surface area contributed by atoms with Crippen molar-refractivity contribution in [2.24, 2.45) is 0 Å². The van der Waals surface area contributed by atoms with Crippen LogP contribution in [0.15, 0.2) is 16.5 Å². The fraction of sp³-hybridized carbons (Fsp3) is 0.300. The summed E-state index contributed by atoms with van der Waals surface area (Å²) in [5.74, 6) is 3.49. The first kappa shape index (κ1) is 9.40. The maximum atomic E-state index is 10.3. The molecule has 0 bridgehead atoms. The summed E-state index contributed by atoms with van der Waals surface area (Å²) in [6.45, 7) is 3.22. The third-order valence-corrected chi connectivity index (χ3v) is 1.70. The molecule has 0 aliphatic carbocycles. The van der Waals surface area contributed by atoms with Gasteiger partial charge < -0.3 is 9.32 Å². The van der Waals surface area contributed by atoms with E-state index in [9.17, 15) is 4.79 Å². The molecule has 1 heterocycles. The summed E-state index contributed by atoms with van der Waals surface area (Å²) in [5, 5.41) is 0. The van der Waals surface area contributed by atoms with E-state index in [0.717, 1.165) is 6.54 Å². The zero-order chi connectivity index (χ0) is 9.68. The second-order valence-electron chi connectivity index (χ2n) is 2.51. The number of carbonyl (C=O) groups is 1. The highest BCUT2D eigenvalue weighted by Gasteiger charge is 2.06. The molecule has 0 saturated carbocycles. The van der Waals surface area contributed by atoms with Crippen LogP contribution >= 0.6 is 0 Å². The molecule has 0 aromatic carbocycles. The molecule has 1 aromatic rings. The number of nitrogens with zero attached hydrogens (tertiary/aromatic N) is 1. The van der Waals surface area contributed by atoms with Crippen molar-refractivity contribution >= 4 is 12.2 Å². The Hall–Kier alpha value is -1.69. The second-order valence-corrected chi connectivity index (χ2v) is 2.51. The topological polar surface area (TPSA) is 33.5 Å². The van der Waals surface area contributed by atoms with Crippen LogP contribution in [0.4, 0.5) is 5.88 Å². The van der Waals surface area contributed by atoms with E-state index < -0.39 is 0 Å². The number of hydrogen-bond acceptors (Lipinski definition) is 3. The summed E-state index contributed by atoms with van der Waals surface area (Å²) in [5.41, 5.74) is 0. The van der Waals surface area contributed by atoms with Crippen molar-refractivity contribution in [3.63, 3.8) is 0 Å². The largest absolute Gasteiger partial charge is 0.438 e. The number of hydrogen-bond donors (Lipinski definition) is 0. The molecule has 0 fully saturated rings. The van der Waals surface area contributed by atoms with Gasteiger partial charge in [0.25, 0.3) is 0 Å². The van der Waals surface area contributed by atoms with Gasteiger partial charge in [0.05, 0.1) is 6.54 Å². The number of anilines is 1. The summed E-state index contributed by atoms with van der Waals surface area (Å²) in [4.78, 5) is 12.2. The highest BCUT2D eigenvalue weighted by atomic mass is 16.4. The molecule has 0 amide bonds. The maximum Gasteiger partial charge on any atom is 0.197 e. The van der Waals surface area contributed by atoms with Gasteiger partial charge in [-0.3, -0.25) is 4.79 Å². The summed E-state index contributed by atoms with van der Waals surface area (Å²) < 4.78 is 5.20. The van der Waals surface area contributed by atoms with Gasteiger partial charge in [-0.15, -0.1) is 6.42 Å². The highest BCUT2D eigenvalue weighted by Crippen LogP contribution is 2.16. The van der Waals surface area contributed by atoms with Gasteiger partial charge in [-0.05, 0) is 13.0 Å². The van der Waals surface area contributed by atoms with Crippen molar-refractivity contribution in [1.29, 1.82) is 0 Å². The van der Waals surface area contributed by atoms with Crippen LogP contribution in [-0.2, 0) is 0 Å². The number of aldehydes is 1. The Labute approximate surface area is 77.3 Å². The van der Waals surface area contributed by atoms with Gasteiger partial charge in [0.2, 0.25) is 0 Å². The van der Waals surface area contributed by atoms with E-state index in [1.807, 2.05) is 11.8 Å². The average Bonchev–Trinajstić information content (AvgIpc) is 2.62. The number of carbonyl (C=O) groups excluding carboxylic acids is 1. The van der Waals surface area contributed by atoms with E-state index in [0.29, 0.717) is 24.5 Å². The molecule has 13 heavy (non-hydrogen) atoms. The molecule has 0 saturated heterocycles. The third-order valence-electron chi connectivity index (χ3n) is 1.70. The number of terminal acetylenes is 1. The van der Waals surface area contributed by atoms with Crippen molar-refractivity contribution in [3.8, 4) is 12.3 Å². The Bertz CT molecular complexity index is 322. The molecule has 1 rings (SSSR count). The Kier molecular flexibility index (Phi) is 3.15. The minimum Gasteiger partial charge on any atom is -0.438 e. The van der Waals surface area contributed by atoms with Gasteiger partial charge >= 0.3 is 0 Å². The molecule has 3 nitrogen and oxygen atoms in total. The molecule has 0 unspecified atom stereocenters. The van der Waals surface area contributed by atoms with Gasteiger partial charge in [0.15, 0.2) is 17.9 Å². The Morgan fingerprint density at radius 2 is 2.46 bits per heavy atom. The van der Waals surface area contributed by atoms with Gasteiger partial charge in [-0.1, -0.05) is 5.92 Å². The lowest BCUT2D eigenvalue weighted by Crippen LogP contribution is -2.22. The maximum absolute atomic E-state index is 10.3. The van der Waals surface area contributed by atoms with Crippen molar-refractivity contribution < 1.29 is 9.21 Å². The monoisotopic (exact) mass is 177 g/mol. The van der Waals surface area contributed by atoms with Crippen LogP contribution in [0.2, 0.25) is 0 Å². The van der Waals surface area contributed by atoms with E-state index in [-0.39, 0.29) is 0 Å². The van der Waals surface area contributed by atoms with E-state index in [1.165, 1.54) is 0 Å². The molecule has 0 N–H and O–H groups in total. The number of rotatable bonds is 4. The summed E-state index contributed by atoms with van der Waals surface area (Å²) in [7, 11) is 0. The van der Waals surface area contributed by atoms with Crippen molar-refractivity contribution in [3.05, 3.63) is 17.9 Å². The Morgan fingerprint density at radius 3 is 2.92 bits per heavy atom. The Morgan fingerprint density at radius 1 is 1.69 bits per heavy atom. The summed E-state index contributed by atoms with van der Waals surface area (Å²) >= 11 is 0. The van der Waals surface area contributed by atoms with Crippen LogP contribution in [0.5, 0.6) is 0 Å². The van der Waals surface area contributed by atoms with E-state index in [1.54, 1.807) is 12.1 Å². The molecule has 0 spiro atoms. The predicted octanol–water partition coefficient (Wildman–Crippen LogP) is 1.55. The molecule has 0 radical (unpaired) electrons. The first-order valence-corrected chi connectivity index (χ1v) is 4.05. The lowest BCUT2D eigenvalue weighted by Gasteiger charge is -2.15. The first-order valence-electron chi connectivity index (χ1n) is 4.05. The molecule has 1 aromatic heterocycles. The smallest absolute Gasteiger partial charge is 0.197 e. The molecular formula is C10H11NO2. The quantitative estimate of drug-likeness (QED) is 0.517.